The van der Waals surface area contributed by atoms with Gasteiger partial charge in [0.1, 0.15) is 0 Å². The number of rotatable bonds is 9. The molecule has 0 spiro atoms. The van der Waals surface area contributed by atoms with Gasteiger partial charge in [-0.15, -0.1) is 6.58 Å². The molecule has 0 radical (unpaired) electrons. The van der Waals surface area contributed by atoms with E-state index >= 15 is 0 Å². The highest BCUT2D eigenvalue weighted by Gasteiger charge is 2.19. The largest absolute Gasteiger partial charge is 0.373 e. The summed E-state index contributed by atoms with van der Waals surface area (Å²) in [4.78, 5) is 0. The van der Waals surface area contributed by atoms with Gasteiger partial charge >= 0.3 is 0 Å². The SMILES string of the molecule is C=CCOCc1ccc(-c2ccc(CCC3CCC(C=CC)CC3)cc2)cc1. The number of aryl methyl sites for hydroxylation is 1. The Morgan fingerprint density at radius 1 is 0.893 bits per heavy atom. The molecule has 0 amide bonds. The van der Waals surface area contributed by atoms with Crippen molar-refractivity contribution in [1.82, 2.24) is 0 Å². The predicted molar refractivity (Wildman–Crippen MR) is 120 cm³/mol. The Hall–Kier alpha value is -2.12. The minimum Gasteiger partial charge on any atom is -0.373 e. The molecule has 0 aliphatic heterocycles. The maximum atomic E-state index is 5.50. The molecule has 1 aliphatic carbocycles. The Labute approximate surface area is 171 Å². The highest BCUT2D eigenvalue weighted by Crippen LogP contribution is 2.32. The summed E-state index contributed by atoms with van der Waals surface area (Å²) < 4.78 is 5.50. The van der Waals surface area contributed by atoms with Crippen LogP contribution in [0.1, 0.15) is 50.2 Å². The molecule has 28 heavy (non-hydrogen) atoms. The molecule has 0 saturated heterocycles. The maximum Gasteiger partial charge on any atom is 0.0721 e. The van der Waals surface area contributed by atoms with Crippen LogP contribution in [-0.4, -0.2) is 6.61 Å². The van der Waals surface area contributed by atoms with Crippen LogP contribution in [0.25, 0.3) is 11.1 Å². The van der Waals surface area contributed by atoms with E-state index in [4.69, 9.17) is 4.74 Å². The molecule has 1 aliphatic rings. The van der Waals surface area contributed by atoms with Gasteiger partial charge in [-0.25, -0.2) is 0 Å². The van der Waals surface area contributed by atoms with Crippen molar-refractivity contribution in [3.63, 3.8) is 0 Å². The minimum absolute atomic E-state index is 0.598. The topological polar surface area (TPSA) is 9.23 Å². The first-order valence-electron chi connectivity index (χ1n) is 10.8. The van der Waals surface area contributed by atoms with Gasteiger partial charge in [0, 0.05) is 0 Å². The lowest BCUT2D eigenvalue weighted by molar-refractivity contribution is 0.149. The summed E-state index contributed by atoms with van der Waals surface area (Å²) in [6.07, 6.45) is 14.5. The van der Waals surface area contributed by atoms with Gasteiger partial charge in [-0.1, -0.05) is 66.8 Å². The first-order valence-corrected chi connectivity index (χ1v) is 10.8. The molecule has 0 aromatic heterocycles. The highest BCUT2D eigenvalue weighted by atomic mass is 16.5. The lowest BCUT2D eigenvalue weighted by atomic mass is 9.79. The molecule has 0 unspecified atom stereocenters. The van der Waals surface area contributed by atoms with E-state index in [-0.39, 0.29) is 0 Å². The third-order valence-corrected chi connectivity index (χ3v) is 5.94. The van der Waals surface area contributed by atoms with Gasteiger partial charge in [0.15, 0.2) is 0 Å². The Balaban J connectivity index is 1.47. The molecule has 3 rings (SSSR count). The molecule has 0 heterocycles. The molecule has 0 N–H and O–H groups in total. The van der Waals surface area contributed by atoms with Crippen LogP contribution in [0.15, 0.2) is 73.3 Å². The van der Waals surface area contributed by atoms with E-state index < -0.39 is 0 Å². The second-order valence-electron chi connectivity index (χ2n) is 8.04. The summed E-state index contributed by atoms with van der Waals surface area (Å²) in [5, 5.41) is 0. The van der Waals surface area contributed by atoms with Crippen LogP contribution >= 0.6 is 0 Å². The average Bonchev–Trinajstić information content (AvgIpc) is 2.75. The van der Waals surface area contributed by atoms with Crippen molar-refractivity contribution in [1.29, 1.82) is 0 Å². The number of ether oxygens (including phenoxy) is 1. The van der Waals surface area contributed by atoms with Crippen LogP contribution < -0.4 is 0 Å². The molecular formula is C27H34O. The van der Waals surface area contributed by atoms with Gasteiger partial charge in [0.2, 0.25) is 0 Å². The van der Waals surface area contributed by atoms with Gasteiger partial charge in [0.25, 0.3) is 0 Å². The Bertz CT molecular complexity index is 731. The third kappa shape index (κ3) is 6.21. The number of hydrogen-bond donors (Lipinski definition) is 0. The van der Waals surface area contributed by atoms with Crippen LogP contribution in [0.4, 0.5) is 0 Å². The Kier molecular flexibility index (Phi) is 8.11. The predicted octanol–water partition coefficient (Wildman–Crippen LogP) is 7.37. The molecular weight excluding hydrogens is 340 g/mol. The van der Waals surface area contributed by atoms with E-state index in [0.717, 1.165) is 11.8 Å². The number of hydrogen-bond acceptors (Lipinski definition) is 1. The Morgan fingerprint density at radius 3 is 2.07 bits per heavy atom. The van der Waals surface area contributed by atoms with Gasteiger partial charge in [-0.05, 0) is 79.5 Å². The van der Waals surface area contributed by atoms with Crippen molar-refractivity contribution in [2.24, 2.45) is 11.8 Å². The maximum absolute atomic E-state index is 5.50. The Morgan fingerprint density at radius 2 is 1.50 bits per heavy atom. The van der Waals surface area contributed by atoms with Gasteiger partial charge in [-0.2, -0.15) is 0 Å². The lowest BCUT2D eigenvalue weighted by Crippen LogP contribution is -2.13. The van der Waals surface area contributed by atoms with Crippen molar-refractivity contribution in [3.05, 3.63) is 84.5 Å². The molecule has 1 saturated carbocycles. The van der Waals surface area contributed by atoms with E-state index in [1.54, 1.807) is 6.08 Å². The summed E-state index contributed by atoms with van der Waals surface area (Å²) in [7, 11) is 0. The normalized spacial score (nSPS) is 19.8. The molecule has 0 bridgehead atoms. The van der Waals surface area contributed by atoms with Crippen molar-refractivity contribution < 1.29 is 4.74 Å². The average molecular weight is 375 g/mol. The van der Waals surface area contributed by atoms with Crippen molar-refractivity contribution in [2.45, 2.75) is 52.1 Å². The quantitative estimate of drug-likeness (QED) is 0.329. The van der Waals surface area contributed by atoms with E-state index in [1.807, 2.05) is 0 Å². The van der Waals surface area contributed by atoms with E-state index in [1.165, 1.54) is 60.8 Å². The summed E-state index contributed by atoms with van der Waals surface area (Å²) in [6.45, 7) is 7.05. The van der Waals surface area contributed by atoms with Crippen LogP contribution in [-0.2, 0) is 17.8 Å². The van der Waals surface area contributed by atoms with Crippen molar-refractivity contribution >= 4 is 0 Å². The second-order valence-corrected chi connectivity index (χ2v) is 8.04. The van der Waals surface area contributed by atoms with Crippen LogP contribution in [0, 0.1) is 11.8 Å². The van der Waals surface area contributed by atoms with E-state index in [2.05, 4.69) is 74.2 Å². The summed E-state index contributed by atoms with van der Waals surface area (Å²) in [5.41, 5.74) is 5.22. The molecule has 1 heteroatoms. The molecule has 0 atom stereocenters. The van der Waals surface area contributed by atoms with E-state index in [9.17, 15) is 0 Å². The van der Waals surface area contributed by atoms with Crippen LogP contribution in [0.3, 0.4) is 0 Å². The molecule has 1 fully saturated rings. The summed E-state index contributed by atoms with van der Waals surface area (Å²) in [5.74, 6) is 1.75. The van der Waals surface area contributed by atoms with Crippen molar-refractivity contribution in [2.75, 3.05) is 6.61 Å². The fraction of sp³-hybridized carbons (Fsp3) is 0.407. The van der Waals surface area contributed by atoms with Crippen LogP contribution in [0.5, 0.6) is 0 Å². The zero-order valence-corrected chi connectivity index (χ0v) is 17.3. The molecule has 2 aromatic rings. The fourth-order valence-electron chi connectivity index (χ4n) is 4.23. The van der Waals surface area contributed by atoms with Gasteiger partial charge < -0.3 is 4.74 Å². The first kappa shape index (κ1) is 20.6. The van der Waals surface area contributed by atoms with Gasteiger partial charge in [-0.3, -0.25) is 0 Å². The third-order valence-electron chi connectivity index (χ3n) is 5.94. The highest BCUT2D eigenvalue weighted by molar-refractivity contribution is 5.63. The van der Waals surface area contributed by atoms with E-state index in [0.29, 0.717) is 13.2 Å². The molecule has 2 aromatic carbocycles. The zero-order chi connectivity index (χ0) is 19.6. The first-order chi connectivity index (χ1) is 13.8. The zero-order valence-electron chi connectivity index (χ0n) is 17.3. The fourth-order valence-corrected chi connectivity index (χ4v) is 4.23. The second kappa shape index (κ2) is 11.0. The number of allylic oxidation sites excluding steroid dienone is 2. The van der Waals surface area contributed by atoms with Crippen LogP contribution in [0.2, 0.25) is 0 Å². The standard InChI is InChI=1S/C27H34O/c1-3-5-22-6-8-23(9-7-22)10-11-24-12-16-26(17-13-24)27-18-14-25(15-19-27)21-28-20-4-2/h3-5,12-19,22-23H,2,6-11,20-21H2,1H3. The minimum atomic E-state index is 0.598. The number of benzene rings is 2. The summed E-state index contributed by atoms with van der Waals surface area (Å²) in [6, 6.07) is 17.8. The van der Waals surface area contributed by atoms with Gasteiger partial charge in [0.05, 0.1) is 13.2 Å². The summed E-state index contributed by atoms with van der Waals surface area (Å²) >= 11 is 0. The lowest BCUT2D eigenvalue weighted by Gasteiger charge is -2.26. The molecule has 1 nitrogen and oxygen atoms in total. The van der Waals surface area contributed by atoms with Crippen molar-refractivity contribution in [3.8, 4) is 11.1 Å². The molecule has 148 valence electrons. The smallest absolute Gasteiger partial charge is 0.0721 e. The monoisotopic (exact) mass is 374 g/mol.